The van der Waals surface area contributed by atoms with Crippen LogP contribution in [0.5, 0.6) is 0 Å². The van der Waals surface area contributed by atoms with Crippen LogP contribution in [0.25, 0.3) is 0 Å². The Labute approximate surface area is 95.4 Å². The highest BCUT2D eigenvalue weighted by Crippen LogP contribution is 2.12. The van der Waals surface area contributed by atoms with Gasteiger partial charge in [-0.3, -0.25) is 0 Å². The number of imidazole rings is 1. The molecule has 0 spiro atoms. The lowest BCUT2D eigenvalue weighted by molar-refractivity contribution is 0.252. The van der Waals surface area contributed by atoms with Gasteiger partial charge in [-0.15, -0.1) is 0 Å². The van der Waals surface area contributed by atoms with E-state index < -0.39 is 10.0 Å². The standard InChI is InChI=1S/C9H17N3O3S/c1-2-3-4-12(5-6-13)16(14,15)9-7-10-8-11-9/h7-8,13H,2-6H2,1H3,(H,10,11). The summed E-state index contributed by atoms with van der Waals surface area (Å²) in [5, 5.41) is 8.93. The van der Waals surface area contributed by atoms with Gasteiger partial charge in [0, 0.05) is 13.1 Å². The Hall–Kier alpha value is -0.920. The van der Waals surface area contributed by atoms with Gasteiger partial charge in [0.25, 0.3) is 10.0 Å². The molecule has 0 saturated carbocycles. The second kappa shape index (κ2) is 5.97. The van der Waals surface area contributed by atoms with E-state index in [1.54, 1.807) is 0 Å². The van der Waals surface area contributed by atoms with Crippen LogP contribution in [0.15, 0.2) is 17.6 Å². The van der Waals surface area contributed by atoms with E-state index in [1.165, 1.54) is 16.8 Å². The maximum Gasteiger partial charge on any atom is 0.260 e. The van der Waals surface area contributed by atoms with Crippen molar-refractivity contribution >= 4 is 10.0 Å². The molecule has 16 heavy (non-hydrogen) atoms. The summed E-state index contributed by atoms with van der Waals surface area (Å²) in [6.45, 7) is 2.33. The van der Waals surface area contributed by atoms with E-state index in [4.69, 9.17) is 5.11 Å². The van der Waals surface area contributed by atoms with Gasteiger partial charge >= 0.3 is 0 Å². The van der Waals surface area contributed by atoms with Crippen molar-refractivity contribution in [2.45, 2.75) is 24.8 Å². The lowest BCUT2D eigenvalue weighted by Crippen LogP contribution is -2.34. The molecule has 0 aliphatic heterocycles. The molecule has 0 aliphatic rings. The molecular weight excluding hydrogens is 230 g/mol. The smallest absolute Gasteiger partial charge is 0.260 e. The van der Waals surface area contributed by atoms with E-state index >= 15 is 0 Å². The number of sulfonamides is 1. The van der Waals surface area contributed by atoms with Crippen LogP contribution >= 0.6 is 0 Å². The number of nitrogens with zero attached hydrogens (tertiary/aromatic N) is 2. The van der Waals surface area contributed by atoms with Crippen LogP contribution in [0.2, 0.25) is 0 Å². The molecule has 0 aromatic carbocycles. The largest absolute Gasteiger partial charge is 0.395 e. The zero-order chi connectivity index (χ0) is 12.0. The molecule has 6 nitrogen and oxygen atoms in total. The lowest BCUT2D eigenvalue weighted by atomic mass is 10.3. The number of unbranched alkanes of at least 4 members (excludes halogenated alkanes) is 1. The van der Waals surface area contributed by atoms with Gasteiger partial charge in [-0.25, -0.2) is 13.4 Å². The molecule has 1 aromatic heterocycles. The topological polar surface area (TPSA) is 86.3 Å². The summed E-state index contributed by atoms with van der Waals surface area (Å²) in [6.07, 6.45) is 4.27. The number of rotatable bonds is 7. The molecule has 0 amide bonds. The predicted octanol–water partition coefficient (Wildman–Crippen LogP) is 0.193. The van der Waals surface area contributed by atoms with Crippen molar-refractivity contribution in [3.63, 3.8) is 0 Å². The molecule has 7 heteroatoms. The molecule has 0 fully saturated rings. The van der Waals surface area contributed by atoms with Gasteiger partial charge in [-0.05, 0) is 6.42 Å². The van der Waals surface area contributed by atoms with Crippen molar-refractivity contribution in [1.29, 1.82) is 0 Å². The van der Waals surface area contributed by atoms with Gasteiger partial charge in [-0.1, -0.05) is 13.3 Å². The SMILES string of the molecule is CCCCN(CCO)S(=O)(=O)c1cnc[nH]1. The first kappa shape index (κ1) is 13.1. The first-order valence-electron chi connectivity index (χ1n) is 5.22. The first-order chi connectivity index (χ1) is 7.62. The van der Waals surface area contributed by atoms with Crippen LogP contribution in [0.3, 0.4) is 0 Å². The normalized spacial score (nSPS) is 12.2. The number of nitrogens with one attached hydrogen (secondary N) is 1. The Morgan fingerprint density at radius 2 is 2.25 bits per heavy atom. The summed E-state index contributed by atoms with van der Waals surface area (Å²) in [6, 6.07) is 0. The maximum absolute atomic E-state index is 12.0. The van der Waals surface area contributed by atoms with Crippen LogP contribution in [-0.2, 0) is 10.0 Å². The number of aromatic nitrogens is 2. The van der Waals surface area contributed by atoms with Crippen molar-refractivity contribution in [3.8, 4) is 0 Å². The third-order valence-corrected chi connectivity index (χ3v) is 4.03. The van der Waals surface area contributed by atoms with Crippen molar-refractivity contribution in [2.24, 2.45) is 0 Å². The summed E-state index contributed by atoms with van der Waals surface area (Å²) in [5.41, 5.74) is 0. The number of H-pyrrole nitrogens is 1. The molecule has 0 saturated heterocycles. The molecule has 0 unspecified atom stereocenters. The zero-order valence-electron chi connectivity index (χ0n) is 9.26. The third-order valence-electron chi connectivity index (χ3n) is 2.20. The first-order valence-corrected chi connectivity index (χ1v) is 6.66. The van der Waals surface area contributed by atoms with E-state index in [9.17, 15) is 8.42 Å². The van der Waals surface area contributed by atoms with Gasteiger partial charge in [0.2, 0.25) is 0 Å². The molecule has 0 aliphatic carbocycles. The van der Waals surface area contributed by atoms with Gasteiger partial charge in [0.15, 0.2) is 5.03 Å². The van der Waals surface area contributed by atoms with E-state index in [1.807, 2.05) is 6.92 Å². The molecule has 1 heterocycles. The summed E-state index contributed by atoms with van der Waals surface area (Å²) in [7, 11) is -3.54. The minimum Gasteiger partial charge on any atom is -0.395 e. The lowest BCUT2D eigenvalue weighted by Gasteiger charge is -2.19. The Morgan fingerprint density at radius 3 is 2.75 bits per heavy atom. The van der Waals surface area contributed by atoms with Gasteiger partial charge in [0.1, 0.15) is 0 Å². The minimum atomic E-state index is -3.54. The van der Waals surface area contributed by atoms with Gasteiger partial charge < -0.3 is 10.1 Å². The van der Waals surface area contributed by atoms with Crippen molar-refractivity contribution in [2.75, 3.05) is 19.7 Å². The number of hydrogen-bond acceptors (Lipinski definition) is 4. The monoisotopic (exact) mass is 247 g/mol. The highest BCUT2D eigenvalue weighted by Gasteiger charge is 2.24. The molecule has 0 bridgehead atoms. The number of hydrogen-bond donors (Lipinski definition) is 2. The van der Waals surface area contributed by atoms with Crippen LogP contribution in [0, 0.1) is 0 Å². The second-order valence-electron chi connectivity index (χ2n) is 3.40. The predicted molar refractivity (Wildman–Crippen MR) is 59.3 cm³/mol. The van der Waals surface area contributed by atoms with Gasteiger partial charge in [-0.2, -0.15) is 4.31 Å². The minimum absolute atomic E-state index is 0.0667. The fourth-order valence-electron chi connectivity index (χ4n) is 1.32. The number of aliphatic hydroxyl groups is 1. The Balaban J connectivity index is 2.84. The summed E-state index contributed by atoms with van der Waals surface area (Å²) in [4.78, 5) is 6.26. The average Bonchev–Trinajstić information content (AvgIpc) is 2.77. The molecule has 0 atom stereocenters. The van der Waals surface area contributed by atoms with Crippen molar-refractivity contribution in [1.82, 2.24) is 14.3 Å². The second-order valence-corrected chi connectivity index (χ2v) is 5.30. The zero-order valence-corrected chi connectivity index (χ0v) is 10.1. The summed E-state index contributed by atoms with van der Waals surface area (Å²) < 4.78 is 25.3. The third kappa shape index (κ3) is 3.03. The maximum atomic E-state index is 12.0. The molecule has 1 aromatic rings. The molecule has 0 radical (unpaired) electrons. The Kier molecular flexibility index (Phi) is 4.91. The van der Waals surface area contributed by atoms with Crippen LogP contribution in [0.1, 0.15) is 19.8 Å². The van der Waals surface area contributed by atoms with E-state index in [-0.39, 0.29) is 18.2 Å². The number of aromatic amines is 1. The number of aliphatic hydroxyl groups excluding tert-OH is 1. The molecule has 92 valence electrons. The highest BCUT2D eigenvalue weighted by atomic mass is 32.2. The van der Waals surface area contributed by atoms with Crippen molar-refractivity contribution < 1.29 is 13.5 Å². The fraction of sp³-hybridized carbons (Fsp3) is 0.667. The molecule has 1 rings (SSSR count). The van der Waals surface area contributed by atoms with Crippen LogP contribution < -0.4 is 0 Å². The summed E-state index contributed by atoms with van der Waals surface area (Å²) >= 11 is 0. The quantitative estimate of drug-likeness (QED) is 0.720. The average molecular weight is 247 g/mol. The molecule has 2 N–H and O–H groups in total. The Bertz CT molecular complexity index is 388. The fourth-order valence-corrected chi connectivity index (χ4v) is 2.69. The van der Waals surface area contributed by atoms with Gasteiger partial charge in [0.05, 0.1) is 19.1 Å². The Morgan fingerprint density at radius 1 is 1.50 bits per heavy atom. The van der Waals surface area contributed by atoms with E-state index in [2.05, 4.69) is 9.97 Å². The van der Waals surface area contributed by atoms with Crippen molar-refractivity contribution in [3.05, 3.63) is 12.5 Å². The molecular formula is C9H17N3O3S. The van der Waals surface area contributed by atoms with E-state index in [0.717, 1.165) is 12.8 Å². The van der Waals surface area contributed by atoms with Crippen LogP contribution in [-0.4, -0.2) is 47.5 Å². The van der Waals surface area contributed by atoms with E-state index in [0.29, 0.717) is 6.54 Å². The summed E-state index contributed by atoms with van der Waals surface area (Å²) in [5.74, 6) is 0. The highest BCUT2D eigenvalue weighted by molar-refractivity contribution is 7.89. The van der Waals surface area contributed by atoms with Crippen LogP contribution in [0.4, 0.5) is 0 Å².